The molecule has 2 rings (SSSR count). The van der Waals surface area contributed by atoms with E-state index in [4.69, 9.17) is 21.1 Å². The molecule has 0 bridgehead atoms. The van der Waals surface area contributed by atoms with Gasteiger partial charge >= 0.3 is 0 Å². The summed E-state index contributed by atoms with van der Waals surface area (Å²) in [5, 5.41) is 3.40. The van der Waals surface area contributed by atoms with Gasteiger partial charge in [-0.2, -0.15) is 0 Å². The molecule has 1 atom stereocenters. The standard InChI is InChI=1S/C16H17ClFNO2/c1-10(11-4-5-15(17)16(18)6-11)19-12-7-13(20-2)9-14(8-12)21-3/h4-10,19H,1-3H3. The van der Waals surface area contributed by atoms with Crippen molar-refractivity contribution < 1.29 is 13.9 Å². The Morgan fingerprint density at radius 3 is 2.19 bits per heavy atom. The molecule has 0 aliphatic heterocycles. The summed E-state index contributed by atoms with van der Waals surface area (Å²) in [5.41, 5.74) is 1.63. The molecule has 2 aromatic rings. The SMILES string of the molecule is COc1cc(NC(C)c2ccc(Cl)c(F)c2)cc(OC)c1. The zero-order valence-corrected chi connectivity index (χ0v) is 12.9. The van der Waals surface area contributed by atoms with Crippen molar-refractivity contribution in [2.24, 2.45) is 0 Å². The van der Waals surface area contributed by atoms with Gasteiger partial charge in [-0.1, -0.05) is 17.7 Å². The van der Waals surface area contributed by atoms with Gasteiger partial charge in [-0.3, -0.25) is 0 Å². The molecule has 2 aromatic carbocycles. The molecule has 0 amide bonds. The first kappa shape index (κ1) is 15.4. The number of hydrogen-bond donors (Lipinski definition) is 1. The van der Waals surface area contributed by atoms with Crippen molar-refractivity contribution in [3.63, 3.8) is 0 Å². The molecule has 0 radical (unpaired) electrons. The van der Waals surface area contributed by atoms with Crippen molar-refractivity contribution in [2.75, 3.05) is 19.5 Å². The summed E-state index contributed by atoms with van der Waals surface area (Å²) in [6, 6.07) is 10.2. The Balaban J connectivity index is 2.22. The number of anilines is 1. The van der Waals surface area contributed by atoms with Gasteiger partial charge in [0.1, 0.15) is 17.3 Å². The van der Waals surface area contributed by atoms with Crippen molar-refractivity contribution in [1.82, 2.24) is 0 Å². The van der Waals surface area contributed by atoms with Crippen LogP contribution >= 0.6 is 11.6 Å². The number of benzene rings is 2. The Morgan fingerprint density at radius 2 is 1.67 bits per heavy atom. The second-order valence-corrected chi connectivity index (χ2v) is 5.05. The molecule has 1 unspecified atom stereocenters. The second kappa shape index (κ2) is 6.68. The average Bonchev–Trinajstić information content (AvgIpc) is 2.49. The summed E-state index contributed by atoms with van der Waals surface area (Å²) < 4.78 is 24.0. The van der Waals surface area contributed by atoms with Crippen LogP contribution in [0.25, 0.3) is 0 Å². The third-order valence-corrected chi connectivity index (χ3v) is 3.48. The Morgan fingerprint density at radius 1 is 1.05 bits per heavy atom. The van der Waals surface area contributed by atoms with Crippen molar-refractivity contribution in [3.05, 3.63) is 52.8 Å². The number of rotatable bonds is 5. The van der Waals surface area contributed by atoms with E-state index in [1.165, 1.54) is 6.07 Å². The third kappa shape index (κ3) is 3.79. The largest absolute Gasteiger partial charge is 0.497 e. The van der Waals surface area contributed by atoms with Gasteiger partial charge in [0.2, 0.25) is 0 Å². The third-order valence-electron chi connectivity index (χ3n) is 3.18. The minimum absolute atomic E-state index is 0.0893. The quantitative estimate of drug-likeness (QED) is 0.870. The molecule has 0 heterocycles. The average molecular weight is 310 g/mol. The van der Waals surface area contributed by atoms with Crippen LogP contribution < -0.4 is 14.8 Å². The van der Waals surface area contributed by atoms with Crippen molar-refractivity contribution in [3.8, 4) is 11.5 Å². The second-order valence-electron chi connectivity index (χ2n) is 4.64. The molecule has 0 saturated carbocycles. The van der Waals surface area contributed by atoms with Crippen LogP contribution in [0, 0.1) is 5.82 Å². The minimum atomic E-state index is -0.425. The van der Waals surface area contributed by atoms with E-state index >= 15 is 0 Å². The van der Waals surface area contributed by atoms with E-state index in [0.717, 1.165) is 11.3 Å². The lowest BCUT2D eigenvalue weighted by Crippen LogP contribution is -2.07. The number of ether oxygens (including phenoxy) is 2. The zero-order chi connectivity index (χ0) is 15.4. The molecule has 21 heavy (non-hydrogen) atoms. The van der Waals surface area contributed by atoms with E-state index in [1.807, 2.05) is 19.1 Å². The number of methoxy groups -OCH3 is 2. The lowest BCUT2D eigenvalue weighted by molar-refractivity contribution is 0.394. The summed E-state index contributed by atoms with van der Waals surface area (Å²) in [6.45, 7) is 1.94. The number of nitrogens with one attached hydrogen (secondary N) is 1. The molecule has 0 aliphatic carbocycles. The molecule has 0 saturated heterocycles. The van der Waals surface area contributed by atoms with Gasteiger partial charge in [-0.25, -0.2) is 4.39 Å². The van der Waals surface area contributed by atoms with E-state index in [-0.39, 0.29) is 11.1 Å². The minimum Gasteiger partial charge on any atom is -0.497 e. The van der Waals surface area contributed by atoms with Gasteiger partial charge in [-0.05, 0) is 24.6 Å². The fourth-order valence-electron chi connectivity index (χ4n) is 2.01. The summed E-state index contributed by atoms with van der Waals surface area (Å²) in [6.07, 6.45) is 0. The van der Waals surface area contributed by atoms with Crippen molar-refractivity contribution in [1.29, 1.82) is 0 Å². The highest BCUT2D eigenvalue weighted by molar-refractivity contribution is 6.30. The summed E-state index contributed by atoms with van der Waals surface area (Å²) in [4.78, 5) is 0. The first-order valence-corrected chi connectivity index (χ1v) is 6.86. The maximum absolute atomic E-state index is 13.5. The molecule has 0 aliphatic rings. The fourth-order valence-corrected chi connectivity index (χ4v) is 2.12. The summed E-state index contributed by atoms with van der Waals surface area (Å²) in [5.74, 6) is 0.948. The highest BCUT2D eigenvalue weighted by Gasteiger charge is 2.10. The van der Waals surface area contributed by atoms with Crippen LogP contribution in [0.4, 0.5) is 10.1 Å². The molecule has 112 valence electrons. The topological polar surface area (TPSA) is 30.5 Å². The number of hydrogen-bond acceptors (Lipinski definition) is 3. The molecule has 3 nitrogen and oxygen atoms in total. The van der Waals surface area contributed by atoms with Crippen LogP contribution in [0.15, 0.2) is 36.4 Å². The van der Waals surface area contributed by atoms with E-state index < -0.39 is 5.82 Å². The van der Waals surface area contributed by atoms with Gasteiger partial charge in [0.25, 0.3) is 0 Å². The Hall–Kier alpha value is -1.94. The molecule has 1 N–H and O–H groups in total. The highest BCUT2D eigenvalue weighted by Crippen LogP contribution is 2.29. The Labute approximate surface area is 128 Å². The smallest absolute Gasteiger partial charge is 0.142 e. The molecule has 0 aromatic heterocycles. The lowest BCUT2D eigenvalue weighted by Gasteiger charge is -2.17. The fraction of sp³-hybridized carbons (Fsp3) is 0.250. The monoisotopic (exact) mass is 309 g/mol. The van der Waals surface area contributed by atoms with Crippen molar-refractivity contribution >= 4 is 17.3 Å². The van der Waals surface area contributed by atoms with Crippen molar-refractivity contribution in [2.45, 2.75) is 13.0 Å². The molecular weight excluding hydrogens is 293 g/mol. The van der Waals surface area contributed by atoms with Crippen LogP contribution in [0.5, 0.6) is 11.5 Å². The van der Waals surface area contributed by atoms with Crippen LogP contribution in [-0.2, 0) is 0 Å². The molecule has 0 spiro atoms. The van der Waals surface area contributed by atoms with E-state index in [0.29, 0.717) is 11.5 Å². The zero-order valence-electron chi connectivity index (χ0n) is 12.1. The highest BCUT2D eigenvalue weighted by atomic mass is 35.5. The normalized spacial score (nSPS) is 11.9. The van der Waals surface area contributed by atoms with Gasteiger partial charge < -0.3 is 14.8 Å². The maximum atomic E-state index is 13.5. The van der Waals surface area contributed by atoms with Crippen LogP contribution in [0.1, 0.15) is 18.5 Å². The van der Waals surface area contributed by atoms with Gasteiger partial charge in [0.15, 0.2) is 0 Å². The van der Waals surface area contributed by atoms with Gasteiger partial charge in [0, 0.05) is 29.9 Å². The summed E-state index contributed by atoms with van der Waals surface area (Å²) in [7, 11) is 3.19. The van der Waals surface area contributed by atoms with E-state index in [9.17, 15) is 4.39 Å². The maximum Gasteiger partial charge on any atom is 0.142 e. The van der Waals surface area contributed by atoms with Crippen LogP contribution in [-0.4, -0.2) is 14.2 Å². The number of halogens is 2. The molecule has 0 fully saturated rings. The molecular formula is C16H17ClFNO2. The van der Waals surface area contributed by atoms with E-state index in [1.54, 1.807) is 32.4 Å². The van der Waals surface area contributed by atoms with Crippen LogP contribution in [0.3, 0.4) is 0 Å². The summed E-state index contributed by atoms with van der Waals surface area (Å²) >= 11 is 5.70. The van der Waals surface area contributed by atoms with Crippen LogP contribution in [0.2, 0.25) is 5.02 Å². The predicted octanol–water partition coefficient (Wildman–Crippen LogP) is 4.67. The Kier molecular flexibility index (Phi) is 4.91. The predicted molar refractivity (Wildman–Crippen MR) is 83.0 cm³/mol. The first-order chi connectivity index (χ1) is 10.0. The van der Waals surface area contributed by atoms with E-state index in [2.05, 4.69) is 5.32 Å². The first-order valence-electron chi connectivity index (χ1n) is 6.48. The van der Waals surface area contributed by atoms with Gasteiger partial charge in [-0.15, -0.1) is 0 Å². The lowest BCUT2D eigenvalue weighted by atomic mass is 10.1. The van der Waals surface area contributed by atoms with Gasteiger partial charge in [0.05, 0.1) is 19.2 Å². The molecule has 5 heteroatoms. The Bertz CT molecular complexity index is 611.